The van der Waals surface area contributed by atoms with Gasteiger partial charge >= 0.3 is 0 Å². The molecule has 1 aromatic heterocycles. The molecule has 4 rings (SSSR count). The van der Waals surface area contributed by atoms with Gasteiger partial charge in [0.15, 0.2) is 16.6 Å². The van der Waals surface area contributed by atoms with Gasteiger partial charge in [0.2, 0.25) is 0 Å². The molecule has 126 valence electrons. The highest BCUT2D eigenvalue weighted by Crippen LogP contribution is 2.35. The molecule has 0 amide bonds. The molecule has 1 N–H and O–H groups in total. The summed E-state index contributed by atoms with van der Waals surface area (Å²) in [5.74, 6) is 0.0766. The van der Waals surface area contributed by atoms with Crippen LogP contribution in [0.4, 0.5) is 5.69 Å². The minimum absolute atomic E-state index is 0.0766. The zero-order chi connectivity index (χ0) is 17.6. The van der Waals surface area contributed by atoms with E-state index >= 15 is 0 Å². The molecular weight excluding hydrogens is 316 g/mol. The molecule has 0 saturated heterocycles. The van der Waals surface area contributed by atoms with Crippen molar-refractivity contribution >= 4 is 38.7 Å². The third-order valence-corrected chi connectivity index (χ3v) is 4.55. The van der Waals surface area contributed by atoms with Crippen LogP contribution in [-0.4, -0.2) is 23.2 Å². The van der Waals surface area contributed by atoms with Crippen LogP contribution in [0.2, 0.25) is 0 Å². The monoisotopic (exact) mass is 334 g/mol. The van der Waals surface area contributed by atoms with Gasteiger partial charge in [0.25, 0.3) is 0 Å². The van der Waals surface area contributed by atoms with Crippen LogP contribution in [0.25, 0.3) is 33.0 Å². The van der Waals surface area contributed by atoms with E-state index in [9.17, 15) is 9.90 Å². The molecule has 1 heterocycles. The van der Waals surface area contributed by atoms with Crippen LogP contribution in [0, 0.1) is 0 Å². The Kier molecular flexibility index (Phi) is 3.57. The first-order valence-corrected chi connectivity index (χ1v) is 8.36. The number of benzene rings is 3. The molecule has 5 nitrogen and oxygen atoms in total. The summed E-state index contributed by atoms with van der Waals surface area (Å²) in [4.78, 5) is 18.7. The van der Waals surface area contributed by atoms with Crippen LogP contribution < -0.4 is 10.3 Å². The number of anilines is 1. The van der Waals surface area contributed by atoms with Gasteiger partial charge in [-0.1, -0.05) is 6.07 Å². The molecule has 0 bridgehead atoms. The van der Waals surface area contributed by atoms with E-state index in [0.29, 0.717) is 27.5 Å². The van der Waals surface area contributed by atoms with Gasteiger partial charge in [-0.2, -0.15) is 0 Å². The lowest BCUT2D eigenvalue weighted by molar-refractivity contribution is 0.481. The minimum Gasteiger partial charge on any atom is -0.507 e. The zero-order valence-corrected chi connectivity index (χ0v) is 14.1. The number of aromatic nitrogens is 1. The van der Waals surface area contributed by atoms with Gasteiger partial charge in [0.1, 0.15) is 16.8 Å². The van der Waals surface area contributed by atoms with E-state index in [0.717, 1.165) is 24.3 Å². The first-order chi connectivity index (χ1) is 12.1. The Morgan fingerprint density at radius 1 is 1.08 bits per heavy atom. The second-order valence-electron chi connectivity index (χ2n) is 5.96. The predicted octanol–water partition coefficient (Wildman–Crippen LogP) is 4.05. The molecule has 0 aliphatic rings. The largest absolute Gasteiger partial charge is 0.507 e. The minimum atomic E-state index is -0.127. The van der Waals surface area contributed by atoms with Crippen molar-refractivity contribution in [1.82, 2.24) is 4.98 Å². The summed E-state index contributed by atoms with van der Waals surface area (Å²) in [7, 11) is 0. The summed E-state index contributed by atoms with van der Waals surface area (Å²) >= 11 is 0. The third-order valence-electron chi connectivity index (χ3n) is 4.55. The molecule has 0 aliphatic carbocycles. The molecular formula is C20H18N2O3. The molecule has 25 heavy (non-hydrogen) atoms. The Labute approximate surface area is 144 Å². The maximum absolute atomic E-state index is 11.8. The SMILES string of the molecule is CCN(CC)c1cccc2nc3c(cc(O)c4ccc(=O)cc43)oc12. The number of phenols is 1. The van der Waals surface area contributed by atoms with E-state index in [2.05, 4.69) is 18.7 Å². The average Bonchev–Trinajstić information content (AvgIpc) is 2.62. The van der Waals surface area contributed by atoms with E-state index in [1.54, 1.807) is 12.1 Å². The van der Waals surface area contributed by atoms with E-state index in [-0.39, 0.29) is 11.2 Å². The molecule has 0 fully saturated rings. The standard InChI is InChI=1S/C20H18N2O3/c1-3-22(4-2)16-7-5-6-15-20(16)25-18-11-17(24)13-9-8-12(23)10-14(13)19(18)21-15/h5-11,24H,3-4H2,1-2H3. The van der Waals surface area contributed by atoms with E-state index in [4.69, 9.17) is 9.40 Å². The van der Waals surface area contributed by atoms with Crippen molar-refractivity contribution in [3.8, 4) is 5.75 Å². The summed E-state index contributed by atoms with van der Waals surface area (Å²) in [5.41, 5.74) is 3.28. The lowest BCUT2D eigenvalue weighted by atomic mass is 10.1. The smallest absolute Gasteiger partial charge is 0.179 e. The Morgan fingerprint density at radius 3 is 2.64 bits per heavy atom. The fourth-order valence-corrected chi connectivity index (χ4v) is 3.29. The van der Waals surface area contributed by atoms with Crippen molar-refractivity contribution in [1.29, 1.82) is 0 Å². The Hall–Kier alpha value is -3.08. The number of hydrogen-bond donors (Lipinski definition) is 1. The van der Waals surface area contributed by atoms with Crippen molar-refractivity contribution in [3.63, 3.8) is 0 Å². The van der Waals surface area contributed by atoms with Crippen LogP contribution in [-0.2, 0) is 0 Å². The van der Waals surface area contributed by atoms with Crippen molar-refractivity contribution in [2.75, 3.05) is 18.0 Å². The van der Waals surface area contributed by atoms with Crippen molar-refractivity contribution in [2.45, 2.75) is 13.8 Å². The van der Waals surface area contributed by atoms with Gasteiger partial charge in [0, 0.05) is 29.9 Å². The maximum atomic E-state index is 11.8. The summed E-state index contributed by atoms with van der Waals surface area (Å²) in [6.07, 6.45) is 0. The quantitative estimate of drug-likeness (QED) is 0.452. The van der Waals surface area contributed by atoms with Crippen molar-refractivity contribution in [3.05, 3.63) is 52.7 Å². The second kappa shape index (κ2) is 5.77. The maximum Gasteiger partial charge on any atom is 0.179 e. The summed E-state index contributed by atoms with van der Waals surface area (Å²) in [6, 6.07) is 11.9. The number of rotatable bonds is 3. The topological polar surface area (TPSA) is 66.6 Å². The number of phenolic OH excluding ortho intramolecular Hbond substituents is 1. The predicted molar refractivity (Wildman–Crippen MR) is 101 cm³/mol. The van der Waals surface area contributed by atoms with Crippen LogP contribution in [0.5, 0.6) is 5.75 Å². The van der Waals surface area contributed by atoms with Gasteiger partial charge in [0.05, 0.1) is 5.69 Å². The van der Waals surface area contributed by atoms with E-state index in [1.165, 1.54) is 12.1 Å². The lowest BCUT2D eigenvalue weighted by Gasteiger charge is -2.21. The van der Waals surface area contributed by atoms with Crippen LogP contribution in [0.15, 0.2) is 51.7 Å². The highest BCUT2D eigenvalue weighted by atomic mass is 16.3. The summed E-state index contributed by atoms with van der Waals surface area (Å²) in [6.45, 7) is 5.88. The van der Waals surface area contributed by atoms with Gasteiger partial charge in [-0.05, 0) is 44.2 Å². The molecule has 0 radical (unpaired) electrons. The Bertz CT molecular complexity index is 1160. The van der Waals surface area contributed by atoms with Gasteiger partial charge < -0.3 is 14.4 Å². The first-order valence-electron chi connectivity index (χ1n) is 8.36. The van der Waals surface area contributed by atoms with E-state index < -0.39 is 0 Å². The lowest BCUT2D eigenvalue weighted by Crippen LogP contribution is -2.21. The van der Waals surface area contributed by atoms with Crippen molar-refractivity contribution < 1.29 is 9.52 Å². The average molecular weight is 334 g/mol. The van der Waals surface area contributed by atoms with Crippen molar-refractivity contribution in [2.24, 2.45) is 0 Å². The summed E-state index contributed by atoms with van der Waals surface area (Å²) in [5, 5.41) is 11.5. The van der Waals surface area contributed by atoms with Crippen LogP contribution >= 0.6 is 0 Å². The first kappa shape index (κ1) is 15.4. The number of nitrogens with zero attached hydrogens (tertiary/aromatic N) is 2. The molecule has 5 heteroatoms. The second-order valence-corrected chi connectivity index (χ2v) is 5.96. The summed E-state index contributed by atoms with van der Waals surface area (Å²) < 4.78 is 6.12. The van der Waals surface area contributed by atoms with Crippen LogP contribution in [0.3, 0.4) is 0 Å². The molecule has 4 aromatic rings. The van der Waals surface area contributed by atoms with E-state index in [1.807, 2.05) is 18.2 Å². The van der Waals surface area contributed by atoms with Gasteiger partial charge in [-0.25, -0.2) is 4.98 Å². The van der Waals surface area contributed by atoms with Gasteiger partial charge in [-0.15, -0.1) is 0 Å². The molecule has 0 aliphatic heterocycles. The number of para-hydroxylation sites is 1. The molecule has 0 unspecified atom stereocenters. The number of fused-ring (bicyclic) bond motifs is 4. The Balaban J connectivity index is 2.14. The third kappa shape index (κ3) is 2.39. The molecule has 0 atom stereocenters. The van der Waals surface area contributed by atoms with Crippen LogP contribution in [0.1, 0.15) is 13.8 Å². The fraction of sp³-hybridized carbons (Fsp3) is 0.200. The Morgan fingerprint density at radius 2 is 1.88 bits per heavy atom. The number of hydrogen-bond acceptors (Lipinski definition) is 5. The normalized spacial score (nSPS) is 11.4. The molecule has 3 aromatic carbocycles. The highest BCUT2D eigenvalue weighted by Gasteiger charge is 2.14. The van der Waals surface area contributed by atoms with Gasteiger partial charge in [-0.3, -0.25) is 4.79 Å². The molecule has 0 spiro atoms. The fourth-order valence-electron chi connectivity index (χ4n) is 3.29. The number of aromatic hydroxyl groups is 1. The highest BCUT2D eigenvalue weighted by molar-refractivity contribution is 6.08. The zero-order valence-electron chi connectivity index (χ0n) is 14.1. The molecule has 0 saturated carbocycles.